The van der Waals surface area contributed by atoms with Crippen LogP contribution in [0.2, 0.25) is 0 Å². The highest BCUT2D eigenvalue weighted by Gasteiger charge is 2.13. The summed E-state index contributed by atoms with van der Waals surface area (Å²) in [5.41, 5.74) is 2.18. The molecule has 0 saturated heterocycles. The number of hydrogen-bond donors (Lipinski definition) is 0. The van der Waals surface area contributed by atoms with Gasteiger partial charge in [0.05, 0.1) is 0 Å². The third-order valence-corrected chi connectivity index (χ3v) is 3.69. The smallest absolute Gasteiger partial charge is 0.298 e. The van der Waals surface area contributed by atoms with Crippen molar-refractivity contribution in [3.8, 4) is 11.5 Å². The highest BCUT2D eigenvalue weighted by molar-refractivity contribution is 6.07. The van der Waals surface area contributed by atoms with E-state index in [0.29, 0.717) is 34.7 Å². The van der Waals surface area contributed by atoms with E-state index in [1.165, 1.54) is 19.9 Å². The normalized spacial score (nSPS) is 10.0. The Bertz CT molecular complexity index is 864. The summed E-state index contributed by atoms with van der Waals surface area (Å²) in [6.45, 7) is 8.68. The molecule has 0 aliphatic carbocycles. The number of rotatable bonds is 7. The molecule has 0 spiro atoms. The van der Waals surface area contributed by atoms with Crippen LogP contribution in [0.15, 0.2) is 43.0 Å². The SMILES string of the molecule is C=C(OC=O)c1cc(Oc2ccc(C(C)=O)c(C(C)=O)c2)ccc1C. The molecule has 5 heteroatoms. The molecule has 0 aliphatic heterocycles. The minimum atomic E-state index is -0.215. The second kappa shape index (κ2) is 7.57. The summed E-state index contributed by atoms with van der Waals surface area (Å²) in [6, 6.07) is 9.97. The van der Waals surface area contributed by atoms with Gasteiger partial charge in [0.2, 0.25) is 0 Å². The summed E-state index contributed by atoms with van der Waals surface area (Å²) < 4.78 is 10.6. The summed E-state index contributed by atoms with van der Waals surface area (Å²) in [7, 11) is 0. The Kier molecular flexibility index (Phi) is 5.49. The van der Waals surface area contributed by atoms with Crippen LogP contribution in [0.1, 0.15) is 45.7 Å². The van der Waals surface area contributed by atoms with Gasteiger partial charge in [-0.25, -0.2) is 0 Å². The number of ether oxygens (including phenoxy) is 2. The largest absolute Gasteiger partial charge is 0.457 e. The van der Waals surface area contributed by atoms with Crippen LogP contribution in [0.3, 0.4) is 0 Å². The van der Waals surface area contributed by atoms with Crippen molar-refractivity contribution in [3.05, 3.63) is 65.2 Å². The van der Waals surface area contributed by atoms with E-state index in [4.69, 9.17) is 9.47 Å². The molecular weight excluding hydrogens is 320 g/mol. The van der Waals surface area contributed by atoms with E-state index in [2.05, 4.69) is 6.58 Å². The summed E-state index contributed by atoms with van der Waals surface area (Å²) >= 11 is 0. The predicted octanol–water partition coefficient (Wildman–Crippen LogP) is 4.34. The van der Waals surface area contributed by atoms with E-state index < -0.39 is 0 Å². The quantitative estimate of drug-likeness (QED) is 0.427. The van der Waals surface area contributed by atoms with Gasteiger partial charge in [0.15, 0.2) is 11.6 Å². The van der Waals surface area contributed by atoms with Gasteiger partial charge in [-0.2, -0.15) is 0 Å². The number of carbonyl (C=O) groups is 3. The van der Waals surface area contributed by atoms with Crippen molar-refractivity contribution in [3.63, 3.8) is 0 Å². The number of ketones is 2. The van der Waals surface area contributed by atoms with Crippen molar-refractivity contribution < 1.29 is 23.9 Å². The molecule has 25 heavy (non-hydrogen) atoms. The minimum absolute atomic E-state index is 0.184. The molecule has 0 atom stereocenters. The zero-order valence-corrected chi connectivity index (χ0v) is 14.3. The molecule has 0 radical (unpaired) electrons. The third-order valence-electron chi connectivity index (χ3n) is 3.69. The topological polar surface area (TPSA) is 69.7 Å². The molecule has 0 heterocycles. The molecule has 0 fully saturated rings. The molecule has 2 aromatic carbocycles. The van der Waals surface area contributed by atoms with Gasteiger partial charge in [-0.05, 0) is 56.7 Å². The number of Topliss-reactive ketones (excluding diaryl/α,β-unsaturated/α-hetero) is 2. The summed E-state index contributed by atoms with van der Waals surface area (Å²) in [5, 5.41) is 0. The zero-order valence-electron chi connectivity index (χ0n) is 14.3. The molecule has 0 amide bonds. The van der Waals surface area contributed by atoms with Crippen LogP contribution in [-0.4, -0.2) is 18.0 Å². The highest BCUT2D eigenvalue weighted by atomic mass is 16.5. The van der Waals surface area contributed by atoms with Gasteiger partial charge in [-0.1, -0.05) is 12.6 Å². The Balaban J connectivity index is 2.37. The molecule has 0 saturated carbocycles. The lowest BCUT2D eigenvalue weighted by atomic mass is 10.0. The van der Waals surface area contributed by atoms with Crippen molar-refractivity contribution in [2.75, 3.05) is 0 Å². The lowest BCUT2D eigenvalue weighted by Crippen LogP contribution is -2.04. The van der Waals surface area contributed by atoms with E-state index in [0.717, 1.165) is 5.56 Å². The predicted molar refractivity (Wildman–Crippen MR) is 93.9 cm³/mol. The maximum absolute atomic E-state index is 11.8. The molecule has 0 bridgehead atoms. The minimum Gasteiger partial charge on any atom is -0.457 e. The van der Waals surface area contributed by atoms with Gasteiger partial charge < -0.3 is 9.47 Å². The summed E-state index contributed by atoms with van der Waals surface area (Å²) in [5.74, 6) is 0.729. The molecular formula is C20H18O5. The molecule has 0 unspecified atom stereocenters. The van der Waals surface area contributed by atoms with E-state index >= 15 is 0 Å². The fourth-order valence-electron chi connectivity index (χ4n) is 2.41. The first kappa shape index (κ1) is 18.1. The lowest BCUT2D eigenvalue weighted by molar-refractivity contribution is -0.122. The van der Waals surface area contributed by atoms with Gasteiger partial charge in [0.1, 0.15) is 17.3 Å². The Labute approximate surface area is 145 Å². The van der Waals surface area contributed by atoms with Gasteiger partial charge in [-0.15, -0.1) is 0 Å². The second-order valence-corrected chi connectivity index (χ2v) is 5.54. The maximum Gasteiger partial charge on any atom is 0.298 e. The van der Waals surface area contributed by atoms with Crippen LogP contribution in [0.5, 0.6) is 11.5 Å². The maximum atomic E-state index is 11.8. The monoisotopic (exact) mass is 338 g/mol. The van der Waals surface area contributed by atoms with Crippen molar-refractivity contribution in [2.45, 2.75) is 20.8 Å². The molecule has 5 nitrogen and oxygen atoms in total. The number of aryl methyl sites for hydroxylation is 1. The average molecular weight is 338 g/mol. The second-order valence-electron chi connectivity index (χ2n) is 5.54. The molecule has 0 aliphatic rings. The van der Waals surface area contributed by atoms with E-state index in [1.807, 2.05) is 6.92 Å². The van der Waals surface area contributed by atoms with Gasteiger partial charge in [0.25, 0.3) is 6.47 Å². The van der Waals surface area contributed by atoms with Crippen molar-refractivity contribution in [1.29, 1.82) is 0 Å². The molecule has 0 N–H and O–H groups in total. The van der Waals surface area contributed by atoms with Crippen molar-refractivity contribution in [1.82, 2.24) is 0 Å². The van der Waals surface area contributed by atoms with Gasteiger partial charge in [-0.3, -0.25) is 14.4 Å². The van der Waals surface area contributed by atoms with Crippen molar-refractivity contribution >= 4 is 23.8 Å². The fourth-order valence-corrected chi connectivity index (χ4v) is 2.41. The Morgan fingerprint density at radius 2 is 1.48 bits per heavy atom. The van der Waals surface area contributed by atoms with Crippen LogP contribution in [-0.2, 0) is 9.53 Å². The molecule has 2 aromatic rings. The highest BCUT2D eigenvalue weighted by Crippen LogP contribution is 2.29. The van der Waals surface area contributed by atoms with Crippen molar-refractivity contribution in [2.24, 2.45) is 0 Å². The van der Waals surface area contributed by atoms with Gasteiger partial charge >= 0.3 is 0 Å². The summed E-state index contributed by atoms with van der Waals surface area (Å²) in [4.78, 5) is 33.9. The molecule has 128 valence electrons. The van der Waals surface area contributed by atoms with Crippen LogP contribution < -0.4 is 4.74 Å². The first-order valence-electron chi connectivity index (χ1n) is 7.57. The standard InChI is InChI=1S/C20H18O5/c1-12-5-6-16(9-19(12)15(4)24-11-21)25-17-7-8-18(13(2)22)20(10-17)14(3)23/h5-11H,4H2,1-3H3. The van der Waals surface area contributed by atoms with E-state index in [-0.39, 0.29) is 17.3 Å². The molecule has 2 rings (SSSR count). The number of hydrogen-bond acceptors (Lipinski definition) is 5. The van der Waals surface area contributed by atoms with Crippen LogP contribution >= 0.6 is 0 Å². The fraction of sp³-hybridized carbons (Fsp3) is 0.150. The Hall–Kier alpha value is -3.21. The Morgan fingerprint density at radius 1 is 0.920 bits per heavy atom. The van der Waals surface area contributed by atoms with Crippen LogP contribution in [0, 0.1) is 6.92 Å². The Morgan fingerprint density at radius 3 is 2.04 bits per heavy atom. The van der Waals surface area contributed by atoms with Crippen LogP contribution in [0.4, 0.5) is 0 Å². The number of benzene rings is 2. The van der Waals surface area contributed by atoms with Gasteiger partial charge in [0, 0.05) is 16.7 Å². The molecule has 0 aromatic heterocycles. The zero-order chi connectivity index (χ0) is 18.6. The first-order chi connectivity index (χ1) is 11.8. The first-order valence-corrected chi connectivity index (χ1v) is 7.57. The lowest BCUT2D eigenvalue weighted by Gasteiger charge is -2.12. The summed E-state index contributed by atoms with van der Waals surface area (Å²) in [6.07, 6.45) is 0. The van der Waals surface area contributed by atoms with E-state index in [1.54, 1.807) is 30.3 Å². The third kappa shape index (κ3) is 4.20. The number of carbonyl (C=O) groups excluding carboxylic acids is 3. The van der Waals surface area contributed by atoms with Crippen LogP contribution in [0.25, 0.3) is 5.76 Å². The average Bonchev–Trinajstić information content (AvgIpc) is 2.56. The van der Waals surface area contributed by atoms with E-state index in [9.17, 15) is 14.4 Å².